The van der Waals surface area contributed by atoms with Crippen LogP contribution < -0.4 is 0 Å². The summed E-state index contributed by atoms with van der Waals surface area (Å²) in [7, 11) is 0. The van der Waals surface area contributed by atoms with E-state index in [1.807, 2.05) is 0 Å². The summed E-state index contributed by atoms with van der Waals surface area (Å²) in [5.74, 6) is -1.24. The van der Waals surface area contributed by atoms with Crippen LogP contribution >= 0.6 is 23.2 Å². The molecule has 1 unspecified atom stereocenters. The van der Waals surface area contributed by atoms with Crippen molar-refractivity contribution in [1.29, 1.82) is 0 Å². The Morgan fingerprint density at radius 2 is 1.74 bits per heavy atom. The smallest absolute Gasteiger partial charge is 0.129 e. The van der Waals surface area contributed by atoms with E-state index in [4.69, 9.17) is 23.2 Å². The van der Waals surface area contributed by atoms with Gasteiger partial charge >= 0.3 is 0 Å². The van der Waals surface area contributed by atoms with E-state index in [9.17, 15) is 13.9 Å². The Balaban J connectivity index is 2.22. The molecule has 2 aromatic carbocycles. The molecule has 0 saturated heterocycles. The first-order valence-electron chi connectivity index (χ1n) is 5.54. The van der Waals surface area contributed by atoms with Gasteiger partial charge in [0.05, 0.1) is 16.1 Å². The second-order valence-electron chi connectivity index (χ2n) is 4.13. The van der Waals surface area contributed by atoms with Crippen molar-refractivity contribution in [3.8, 4) is 0 Å². The van der Waals surface area contributed by atoms with Crippen molar-refractivity contribution in [2.75, 3.05) is 0 Å². The highest BCUT2D eigenvalue weighted by Crippen LogP contribution is 2.26. The first kappa shape index (κ1) is 14.3. The molecule has 0 heterocycles. The zero-order chi connectivity index (χ0) is 14.0. The number of hydrogen-bond donors (Lipinski definition) is 1. The first-order valence-corrected chi connectivity index (χ1v) is 6.30. The van der Waals surface area contributed by atoms with Gasteiger partial charge in [0.1, 0.15) is 11.6 Å². The maximum atomic E-state index is 13.5. The average Bonchev–Trinajstić information content (AvgIpc) is 2.36. The molecule has 0 aliphatic carbocycles. The van der Waals surface area contributed by atoms with Crippen LogP contribution in [0.25, 0.3) is 0 Å². The second kappa shape index (κ2) is 5.87. The van der Waals surface area contributed by atoms with Gasteiger partial charge < -0.3 is 5.11 Å². The Labute approximate surface area is 119 Å². The maximum Gasteiger partial charge on any atom is 0.129 e. The zero-order valence-electron chi connectivity index (χ0n) is 9.71. The van der Waals surface area contributed by atoms with Crippen LogP contribution in [-0.2, 0) is 6.42 Å². The lowest BCUT2D eigenvalue weighted by molar-refractivity contribution is 0.173. The molecule has 0 bridgehead atoms. The molecule has 0 saturated carbocycles. The van der Waals surface area contributed by atoms with Crippen molar-refractivity contribution in [2.24, 2.45) is 0 Å². The van der Waals surface area contributed by atoms with Crippen LogP contribution in [0.1, 0.15) is 17.2 Å². The van der Waals surface area contributed by atoms with Gasteiger partial charge in [0.15, 0.2) is 0 Å². The first-order chi connectivity index (χ1) is 8.97. The van der Waals surface area contributed by atoms with Gasteiger partial charge in [-0.15, -0.1) is 0 Å². The van der Waals surface area contributed by atoms with E-state index in [0.717, 1.165) is 18.2 Å². The molecule has 2 aromatic rings. The summed E-state index contributed by atoms with van der Waals surface area (Å²) in [5.41, 5.74) is 0.608. The number of rotatable bonds is 3. The highest BCUT2D eigenvalue weighted by Gasteiger charge is 2.15. The van der Waals surface area contributed by atoms with Gasteiger partial charge in [-0.3, -0.25) is 0 Å². The van der Waals surface area contributed by atoms with Crippen LogP contribution in [0.2, 0.25) is 10.0 Å². The monoisotopic (exact) mass is 302 g/mol. The minimum atomic E-state index is -1.15. The highest BCUT2D eigenvalue weighted by atomic mass is 35.5. The van der Waals surface area contributed by atoms with Gasteiger partial charge in [-0.2, -0.15) is 0 Å². The van der Waals surface area contributed by atoms with Crippen molar-refractivity contribution in [3.05, 3.63) is 69.2 Å². The van der Waals surface area contributed by atoms with Crippen molar-refractivity contribution in [3.63, 3.8) is 0 Å². The summed E-state index contributed by atoms with van der Waals surface area (Å²) in [6.45, 7) is 0. The molecule has 5 heteroatoms. The molecule has 0 fully saturated rings. The molecule has 2 rings (SSSR count). The largest absolute Gasteiger partial charge is 0.388 e. The second-order valence-corrected chi connectivity index (χ2v) is 4.95. The van der Waals surface area contributed by atoms with Gasteiger partial charge in [0, 0.05) is 12.0 Å². The molecule has 0 aliphatic heterocycles. The number of halogens is 4. The molecule has 1 nitrogen and oxygen atoms in total. The zero-order valence-corrected chi connectivity index (χ0v) is 11.2. The van der Waals surface area contributed by atoms with E-state index in [-0.39, 0.29) is 12.0 Å². The fraction of sp³-hybridized carbons (Fsp3) is 0.143. The summed E-state index contributed by atoms with van der Waals surface area (Å²) < 4.78 is 26.5. The van der Waals surface area contributed by atoms with E-state index >= 15 is 0 Å². The number of hydrogen-bond acceptors (Lipinski definition) is 1. The van der Waals surface area contributed by atoms with Crippen molar-refractivity contribution >= 4 is 23.2 Å². The van der Waals surface area contributed by atoms with Crippen LogP contribution in [0.3, 0.4) is 0 Å². The van der Waals surface area contributed by atoms with Crippen molar-refractivity contribution in [2.45, 2.75) is 12.5 Å². The topological polar surface area (TPSA) is 20.2 Å². The minimum absolute atomic E-state index is 0.0777. The third kappa shape index (κ3) is 3.44. The van der Waals surface area contributed by atoms with Gasteiger partial charge in [0.25, 0.3) is 0 Å². The Morgan fingerprint density at radius 3 is 2.42 bits per heavy atom. The van der Waals surface area contributed by atoms with Crippen LogP contribution in [-0.4, -0.2) is 5.11 Å². The molecule has 1 atom stereocenters. The predicted octanol–water partition coefficient (Wildman–Crippen LogP) is 4.55. The SMILES string of the molecule is OC(Cc1ccc(Cl)c(Cl)c1)c1cc(F)ccc1F. The van der Waals surface area contributed by atoms with Crippen LogP contribution in [0.15, 0.2) is 36.4 Å². The number of aliphatic hydroxyl groups is 1. The standard InChI is InChI=1S/C14H10Cl2F2O/c15-11-3-1-8(5-12(11)16)6-14(19)10-7-9(17)2-4-13(10)18/h1-5,7,14,19H,6H2. The molecule has 100 valence electrons. The third-order valence-electron chi connectivity index (χ3n) is 2.73. The normalized spacial score (nSPS) is 12.5. The van der Waals surface area contributed by atoms with Crippen LogP contribution in [0.5, 0.6) is 0 Å². The molecule has 1 N–H and O–H groups in total. The van der Waals surface area contributed by atoms with E-state index in [1.54, 1.807) is 18.2 Å². The summed E-state index contributed by atoms with van der Waals surface area (Å²) in [6, 6.07) is 7.83. The molecular weight excluding hydrogens is 293 g/mol. The fourth-order valence-corrected chi connectivity index (χ4v) is 2.09. The molecule has 19 heavy (non-hydrogen) atoms. The quantitative estimate of drug-likeness (QED) is 0.882. The number of benzene rings is 2. The summed E-state index contributed by atoms with van der Waals surface area (Å²) in [5, 5.41) is 10.7. The van der Waals surface area contributed by atoms with Crippen LogP contribution in [0, 0.1) is 11.6 Å². The van der Waals surface area contributed by atoms with Gasteiger partial charge in [-0.25, -0.2) is 8.78 Å². The Morgan fingerprint density at radius 1 is 1.00 bits per heavy atom. The minimum Gasteiger partial charge on any atom is -0.388 e. The lowest BCUT2D eigenvalue weighted by Gasteiger charge is -2.12. The lowest BCUT2D eigenvalue weighted by Crippen LogP contribution is -2.05. The maximum absolute atomic E-state index is 13.5. The molecule has 0 spiro atoms. The van der Waals surface area contributed by atoms with E-state index in [2.05, 4.69) is 0 Å². The van der Waals surface area contributed by atoms with E-state index < -0.39 is 17.7 Å². The summed E-state index contributed by atoms with van der Waals surface area (Å²) in [6.07, 6.45) is -1.02. The summed E-state index contributed by atoms with van der Waals surface area (Å²) in [4.78, 5) is 0. The molecule has 0 radical (unpaired) electrons. The average molecular weight is 303 g/mol. The molecular formula is C14H10Cl2F2O. The van der Waals surface area contributed by atoms with E-state index in [0.29, 0.717) is 15.6 Å². The van der Waals surface area contributed by atoms with Gasteiger partial charge in [-0.1, -0.05) is 29.3 Å². The highest BCUT2D eigenvalue weighted by molar-refractivity contribution is 6.42. The van der Waals surface area contributed by atoms with E-state index in [1.165, 1.54) is 0 Å². The third-order valence-corrected chi connectivity index (χ3v) is 3.47. The molecule has 0 aliphatic rings. The van der Waals surface area contributed by atoms with Crippen LogP contribution in [0.4, 0.5) is 8.78 Å². The predicted molar refractivity (Wildman–Crippen MR) is 71.5 cm³/mol. The summed E-state index contributed by atoms with van der Waals surface area (Å²) >= 11 is 11.6. The fourth-order valence-electron chi connectivity index (χ4n) is 1.77. The Hall–Kier alpha value is -1.16. The van der Waals surface area contributed by atoms with Gasteiger partial charge in [0.2, 0.25) is 0 Å². The molecule has 0 amide bonds. The van der Waals surface area contributed by atoms with Crippen molar-refractivity contribution in [1.82, 2.24) is 0 Å². The Bertz CT molecular complexity index is 602. The number of aliphatic hydroxyl groups excluding tert-OH is 1. The Kier molecular flexibility index (Phi) is 4.40. The van der Waals surface area contributed by atoms with Gasteiger partial charge in [-0.05, 0) is 35.9 Å². The lowest BCUT2D eigenvalue weighted by atomic mass is 10.0. The van der Waals surface area contributed by atoms with Crippen molar-refractivity contribution < 1.29 is 13.9 Å². The molecule has 0 aromatic heterocycles.